The van der Waals surface area contributed by atoms with Crippen LogP contribution in [0.4, 0.5) is 5.69 Å². The Labute approximate surface area is 111 Å². The van der Waals surface area contributed by atoms with E-state index in [1.165, 1.54) is 0 Å². The van der Waals surface area contributed by atoms with Crippen molar-refractivity contribution in [2.45, 2.75) is 19.4 Å². The summed E-state index contributed by atoms with van der Waals surface area (Å²) in [5, 5.41) is 8.07. The standard InChI is InChI=1S/C14H16N4O/c1-17-9-11(15-16-17)10-18-8-4-7-14(19)12-5-2-3-6-13(12)18/h2-3,5-6,9H,4,7-8,10H2,1H3. The first-order chi connectivity index (χ1) is 9.24. The molecule has 0 atom stereocenters. The summed E-state index contributed by atoms with van der Waals surface area (Å²) in [4.78, 5) is 14.3. The number of hydrogen-bond donors (Lipinski definition) is 0. The van der Waals surface area contributed by atoms with Crippen molar-refractivity contribution in [3.8, 4) is 0 Å². The number of anilines is 1. The largest absolute Gasteiger partial charge is 0.365 e. The summed E-state index contributed by atoms with van der Waals surface area (Å²) in [6.45, 7) is 1.57. The van der Waals surface area contributed by atoms with E-state index in [0.29, 0.717) is 13.0 Å². The van der Waals surface area contributed by atoms with Crippen LogP contribution in [0.1, 0.15) is 28.9 Å². The average Bonchev–Trinajstić information content (AvgIpc) is 2.75. The normalized spacial score (nSPS) is 15.2. The molecule has 0 aliphatic carbocycles. The molecule has 1 aliphatic rings. The number of benzene rings is 1. The molecule has 1 aliphatic heterocycles. The highest BCUT2D eigenvalue weighted by atomic mass is 16.1. The number of ketones is 1. The smallest absolute Gasteiger partial charge is 0.165 e. The molecule has 3 rings (SSSR count). The van der Waals surface area contributed by atoms with Gasteiger partial charge in [-0.05, 0) is 18.6 Å². The zero-order valence-electron chi connectivity index (χ0n) is 10.9. The molecule has 0 bridgehead atoms. The Morgan fingerprint density at radius 1 is 1.32 bits per heavy atom. The van der Waals surface area contributed by atoms with Crippen molar-refractivity contribution < 1.29 is 4.79 Å². The molecule has 98 valence electrons. The minimum absolute atomic E-state index is 0.234. The lowest BCUT2D eigenvalue weighted by atomic mass is 10.1. The van der Waals surface area contributed by atoms with Gasteiger partial charge in [0, 0.05) is 37.5 Å². The average molecular weight is 256 g/mol. The summed E-state index contributed by atoms with van der Waals surface area (Å²) in [7, 11) is 1.86. The van der Waals surface area contributed by atoms with Gasteiger partial charge in [-0.2, -0.15) is 0 Å². The van der Waals surface area contributed by atoms with Gasteiger partial charge in [-0.3, -0.25) is 9.48 Å². The van der Waals surface area contributed by atoms with Gasteiger partial charge in [0.1, 0.15) is 5.69 Å². The van der Waals surface area contributed by atoms with Crippen molar-refractivity contribution in [1.29, 1.82) is 0 Å². The lowest BCUT2D eigenvalue weighted by molar-refractivity contribution is 0.0984. The molecule has 0 spiro atoms. The molecule has 2 aromatic rings. The third kappa shape index (κ3) is 2.36. The quantitative estimate of drug-likeness (QED) is 0.822. The molecule has 0 saturated heterocycles. The lowest BCUT2D eigenvalue weighted by Crippen LogP contribution is -2.23. The minimum Gasteiger partial charge on any atom is -0.365 e. The van der Waals surface area contributed by atoms with Gasteiger partial charge in [0.05, 0.1) is 6.54 Å². The maximum atomic E-state index is 12.0. The van der Waals surface area contributed by atoms with Crippen LogP contribution in [-0.4, -0.2) is 27.3 Å². The highest BCUT2D eigenvalue weighted by molar-refractivity contribution is 6.01. The molecule has 0 amide bonds. The predicted molar refractivity (Wildman–Crippen MR) is 72.1 cm³/mol. The summed E-state index contributed by atoms with van der Waals surface area (Å²) in [6, 6.07) is 7.81. The lowest BCUT2D eigenvalue weighted by Gasteiger charge is -2.23. The zero-order valence-corrected chi connectivity index (χ0v) is 10.9. The van der Waals surface area contributed by atoms with E-state index in [1.807, 2.05) is 37.5 Å². The van der Waals surface area contributed by atoms with Crippen LogP contribution >= 0.6 is 0 Å². The molecule has 5 nitrogen and oxygen atoms in total. The first-order valence-electron chi connectivity index (χ1n) is 6.46. The van der Waals surface area contributed by atoms with Crippen LogP contribution in [0.2, 0.25) is 0 Å². The van der Waals surface area contributed by atoms with Gasteiger partial charge < -0.3 is 4.90 Å². The van der Waals surface area contributed by atoms with E-state index in [0.717, 1.165) is 29.9 Å². The first kappa shape index (κ1) is 11.9. The van der Waals surface area contributed by atoms with Crippen molar-refractivity contribution in [1.82, 2.24) is 15.0 Å². The van der Waals surface area contributed by atoms with E-state index < -0.39 is 0 Å². The molecule has 0 N–H and O–H groups in total. The highest BCUT2D eigenvalue weighted by Gasteiger charge is 2.20. The van der Waals surface area contributed by atoms with Crippen LogP contribution in [-0.2, 0) is 13.6 Å². The van der Waals surface area contributed by atoms with Gasteiger partial charge in [0.25, 0.3) is 0 Å². The van der Waals surface area contributed by atoms with Crippen molar-refractivity contribution in [2.75, 3.05) is 11.4 Å². The van der Waals surface area contributed by atoms with E-state index >= 15 is 0 Å². The van der Waals surface area contributed by atoms with Crippen molar-refractivity contribution in [3.63, 3.8) is 0 Å². The summed E-state index contributed by atoms with van der Waals surface area (Å²) in [6.07, 6.45) is 3.41. The van der Waals surface area contributed by atoms with Crippen molar-refractivity contribution in [2.24, 2.45) is 7.05 Å². The monoisotopic (exact) mass is 256 g/mol. The minimum atomic E-state index is 0.234. The van der Waals surface area contributed by atoms with Crippen LogP contribution in [0, 0.1) is 0 Å². The van der Waals surface area contributed by atoms with Gasteiger partial charge in [-0.25, -0.2) is 0 Å². The van der Waals surface area contributed by atoms with E-state index in [1.54, 1.807) is 4.68 Å². The Hall–Kier alpha value is -2.17. The molecule has 0 radical (unpaired) electrons. The molecule has 0 fully saturated rings. The third-order valence-corrected chi connectivity index (χ3v) is 3.38. The summed E-state index contributed by atoms with van der Waals surface area (Å²) < 4.78 is 1.70. The Morgan fingerprint density at radius 3 is 2.95 bits per heavy atom. The van der Waals surface area contributed by atoms with E-state index in [2.05, 4.69) is 15.2 Å². The number of Topliss-reactive ketones (excluding diaryl/α,β-unsaturated/α-hetero) is 1. The van der Waals surface area contributed by atoms with Crippen LogP contribution in [0.3, 0.4) is 0 Å². The molecule has 19 heavy (non-hydrogen) atoms. The topological polar surface area (TPSA) is 51.0 Å². The molecule has 0 saturated carbocycles. The first-order valence-corrected chi connectivity index (χ1v) is 6.46. The number of fused-ring (bicyclic) bond motifs is 1. The molecule has 1 aromatic heterocycles. The van der Waals surface area contributed by atoms with Crippen LogP contribution in [0.15, 0.2) is 30.5 Å². The fourth-order valence-electron chi connectivity index (χ4n) is 2.50. The van der Waals surface area contributed by atoms with Crippen LogP contribution in [0.25, 0.3) is 0 Å². The number of para-hydroxylation sites is 1. The van der Waals surface area contributed by atoms with Crippen molar-refractivity contribution in [3.05, 3.63) is 41.7 Å². The Balaban J connectivity index is 1.93. The number of aromatic nitrogens is 3. The fourth-order valence-corrected chi connectivity index (χ4v) is 2.50. The van der Waals surface area contributed by atoms with E-state index in [-0.39, 0.29) is 5.78 Å². The number of nitrogens with zero attached hydrogens (tertiary/aromatic N) is 4. The van der Waals surface area contributed by atoms with E-state index in [4.69, 9.17) is 0 Å². The summed E-state index contributed by atoms with van der Waals surface area (Å²) in [5.41, 5.74) is 2.76. The second kappa shape index (κ2) is 4.84. The molecule has 2 heterocycles. The van der Waals surface area contributed by atoms with Gasteiger partial charge >= 0.3 is 0 Å². The van der Waals surface area contributed by atoms with Gasteiger partial charge in [0.15, 0.2) is 5.78 Å². The number of rotatable bonds is 2. The number of carbonyl (C=O) groups excluding carboxylic acids is 1. The molecule has 1 aromatic carbocycles. The van der Waals surface area contributed by atoms with E-state index in [9.17, 15) is 4.79 Å². The molecule has 0 unspecified atom stereocenters. The Kier molecular flexibility index (Phi) is 3.03. The maximum absolute atomic E-state index is 12.0. The molecular weight excluding hydrogens is 240 g/mol. The SMILES string of the molecule is Cn1cc(CN2CCCC(=O)c3ccccc32)nn1. The van der Waals surface area contributed by atoms with Gasteiger partial charge in [-0.1, -0.05) is 17.3 Å². The summed E-state index contributed by atoms with van der Waals surface area (Å²) in [5.74, 6) is 0.234. The second-order valence-corrected chi connectivity index (χ2v) is 4.85. The second-order valence-electron chi connectivity index (χ2n) is 4.85. The Morgan fingerprint density at radius 2 is 2.16 bits per heavy atom. The molecular formula is C14H16N4O. The highest BCUT2D eigenvalue weighted by Crippen LogP contribution is 2.27. The van der Waals surface area contributed by atoms with Gasteiger partial charge in [-0.15, -0.1) is 5.10 Å². The third-order valence-electron chi connectivity index (χ3n) is 3.38. The summed E-state index contributed by atoms with van der Waals surface area (Å²) >= 11 is 0. The number of aryl methyl sites for hydroxylation is 1. The van der Waals surface area contributed by atoms with Crippen LogP contribution < -0.4 is 4.90 Å². The van der Waals surface area contributed by atoms with Crippen LogP contribution in [0.5, 0.6) is 0 Å². The number of carbonyl (C=O) groups is 1. The fraction of sp³-hybridized carbons (Fsp3) is 0.357. The molecule has 5 heteroatoms. The predicted octanol–water partition coefficient (Wildman–Crippen LogP) is 1.80. The Bertz CT molecular complexity index is 605. The van der Waals surface area contributed by atoms with Gasteiger partial charge in [0.2, 0.25) is 0 Å². The maximum Gasteiger partial charge on any atom is 0.165 e. The number of hydrogen-bond acceptors (Lipinski definition) is 4. The zero-order chi connectivity index (χ0) is 13.2. The van der Waals surface area contributed by atoms with Crippen molar-refractivity contribution >= 4 is 11.5 Å².